The van der Waals surface area contributed by atoms with Gasteiger partial charge in [-0.3, -0.25) is 0 Å². The third kappa shape index (κ3) is 17.8. The third-order valence-electron chi connectivity index (χ3n) is 33.9. The second kappa shape index (κ2) is 36.2. The molecule has 147 heavy (non-hydrogen) atoms. The van der Waals surface area contributed by atoms with Gasteiger partial charge < -0.3 is 14.7 Å². The van der Waals surface area contributed by atoms with Gasteiger partial charge >= 0.3 is 0 Å². The minimum atomic E-state index is -0.280. The molecule has 0 N–H and O–H groups in total. The van der Waals surface area contributed by atoms with Crippen LogP contribution < -0.4 is 14.7 Å². The fourth-order valence-corrected chi connectivity index (χ4v) is 25.7. The van der Waals surface area contributed by atoms with E-state index in [9.17, 15) is 0 Å². The Balaban J connectivity index is 0.553. The zero-order valence-electron chi connectivity index (χ0n) is 90.5. The second-order valence-corrected chi connectivity index (χ2v) is 49.1. The van der Waals surface area contributed by atoms with Crippen molar-refractivity contribution in [2.75, 3.05) is 14.7 Å². The molecule has 0 unspecified atom stereocenters. The van der Waals surface area contributed by atoms with E-state index in [4.69, 9.17) is 0 Å². The fraction of sp³-hybridized carbons (Fsp3) is 0.250. The molecule has 0 aliphatic heterocycles. The molecule has 0 saturated heterocycles. The van der Waals surface area contributed by atoms with Crippen molar-refractivity contribution >= 4 is 120 Å². The van der Waals surface area contributed by atoms with Gasteiger partial charge in [-0.1, -0.05) is 400 Å². The van der Waals surface area contributed by atoms with Gasteiger partial charge in [-0.25, -0.2) is 0 Å². The SMILES string of the molecule is C=C1CC(C)(C)c2cc(C=Cc3ccc4c(c3)C(C)(C)c3cc(N(c5cc(C)cc(C)c5)c5cc(C)cc(CCC(C)(C)c6ccc(N(c7ccc(C(C)(C)Cc8cccc9cc(N(c%10ccc%11c(c%10)C(C)(C)c%10cc(C=Cc%12ccc%13c(c%12)C(C)(C)CC%13=C)ccc%10-%11)c%10ccc%11ccccc%11c%10)ccc89)cc7)c7ccc8c(c7)C(C)(C)c7cc(C=Cc9ccc(C(C)C)c(C(C)(C)C)c9)ccc7-8)cc6)c5)ccc3-4)ccc21. The summed E-state index contributed by atoms with van der Waals surface area (Å²) in [7, 11) is 0. The Kier molecular flexibility index (Phi) is 23.9. The number of aryl methyl sites for hydroxylation is 4. The number of anilines is 9. The summed E-state index contributed by atoms with van der Waals surface area (Å²) < 4.78 is 0. The van der Waals surface area contributed by atoms with Crippen molar-refractivity contribution in [3.63, 3.8) is 0 Å². The normalized spacial score (nSPS) is 15.3. The van der Waals surface area contributed by atoms with Crippen LogP contribution in [-0.2, 0) is 56.2 Å². The lowest BCUT2D eigenvalue weighted by atomic mass is 9.78. The van der Waals surface area contributed by atoms with Crippen molar-refractivity contribution in [3.8, 4) is 33.4 Å². The first kappa shape index (κ1) is 97.1. The number of hydrogen-bond acceptors (Lipinski definition) is 3. The summed E-state index contributed by atoms with van der Waals surface area (Å²) in [4.78, 5) is 7.51. The van der Waals surface area contributed by atoms with Crippen molar-refractivity contribution in [1.82, 2.24) is 0 Å². The highest BCUT2D eigenvalue weighted by Crippen LogP contribution is 2.58. The first-order chi connectivity index (χ1) is 70.0. The number of rotatable bonds is 23. The summed E-state index contributed by atoms with van der Waals surface area (Å²) in [5.74, 6) is 0.456. The molecule has 22 rings (SSSR count). The summed E-state index contributed by atoms with van der Waals surface area (Å²) in [6.07, 6.45) is 18.5. The Hall–Kier alpha value is -14.6. The number of fused-ring (bicyclic) bond motifs is 13. The van der Waals surface area contributed by atoms with Gasteiger partial charge in [0.1, 0.15) is 0 Å². The predicted octanol–water partition coefficient (Wildman–Crippen LogP) is 40.0. The molecule has 17 aromatic rings. The Morgan fingerprint density at radius 2 is 0.633 bits per heavy atom. The fourth-order valence-electron chi connectivity index (χ4n) is 25.7. The first-order valence-corrected chi connectivity index (χ1v) is 53.5. The molecule has 0 spiro atoms. The van der Waals surface area contributed by atoms with E-state index < -0.39 is 0 Å². The van der Waals surface area contributed by atoms with E-state index in [0.717, 1.165) is 71.9 Å². The van der Waals surface area contributed by atoms with Crippen LogP contribution in [0.2, 0.25) is 0 Å². The number of benzene rings is 17. The maximum Gasteiger partial charge on any atom is 0.0468 e. The third-order valence-corrected chi connectivity index (χ3v) is 33.9. The van der Waals surface area contributed by atoms with E-state index in [1.165, 1.54) is 217 Å². The quantitative estimate of drug-likeness (QED) is 0.0591. The van der Waals surface area contributed by atoms with Crippen LogP contribution in [0.25, 0.3) is 103 Å². The summed E-state index contributed by atoms with van der Waals surface area (Å²) in [5, 5.41) is 4.92. The molecule has 17 aromatic carbocycles. The molecule has 0 atom stereocenters. The van der Waals surface area contributed by atoms with Crippen LogP contribution in [0.15, 0.2) is 341 Å². The Bertz CT molecular complexity index is 8330. The van der Waals surface area contributed by atoms with Crippen LogP contribution in [0.3, 0.4) is 0 Å². The predicted molar refractivity (Wildman–Crippen MR) is 636 cm³/mol. The van der Waals surface area contributed by atoms with Crippen LogP contribution in [0, 0.1) is 20.8 Å². The topological polar surface area (TPSA) is 9.72 Å². The molecule has 3 heteroatoms. The Labute approximate surface area is 875 Å². The van der Waals surface area contributed by atoms with Gasteiger partial charge in [-0.15, -0.1) is 0 Å². The van der Waals surface area contributed by atoms with Crippen molar-refractivity contribution in [1.29, 1.82) is 0 Å². The molecule has 0 fully saturated rings. The average Bonchev–Trinajstić information content (AvgIpc) is 1.63. The highest BCUT2D eigenvalue weighted by atomic mass is 15.2. The molecule has 0 amide bonds. The van der Waals surface area contributed by atoms with Gasteiger partial charge in [0.25, 0.3) is 0 Å². The van der Waals surface area contributed by atoms with E-state index in [2.05, 4.69) is 544 Å². The van der Waals surface area contributed by atoms with E-state index in [1.54, 1.807) is 0 Å². The van der Waals surface area contributed by atoms with Gasteiger partial charge in [0.15, 0.2) is 0 Å². The highest BCUT2D eigenvalue weighted by Gasteiger charge is 2.42. The summed E-state index contributed by atoms with van der Waals surface area (Å²) in [6, 6.07) is 127. The van der Waals surface area contributed by atoms with E-state index in [0.29, 0.717) is 5.92 Å². The molecule has 0 aromatic heterocycles. The molecule has 0 radical (unpaired) electrons. The van der Waals surface area contributed by atoms with Crippen LogP contribution in [0.1, 0.15) is 296 Å². The van der Waals surface area contributed by atoms with E-state index in [-0.39, 0.29) is 43.3 Å². The molecule has 0 bridgehead atoms. The lowest BCUT2D eigenvalue weighted by Crippen LogP contribution is -2.21. The van der Waals surface area contributed by atoms with Gasteiger partial charge in [0.05, 0.1) is 0 Å². The average molecular weight is 1910 g/mol. The molecular weight excluding hydrogens is 1770 g/mol. The molecular formula is C144H141N3. The van der Waals surface area contributed by atoms with E-state index >= 15 is 0 Å². The summed E-state index contributed by atoms with van der Waals surface area (Å²) in [6.45, 7) is 60.8. The minimum absolute atomic E-state index is 0.0389. The highest BCUT2D eigenvalue weighted by molar-refractivity contribution is 5.97. The number of allylic oxidation sites excluding steroid dienone is 2. The Morgan fingerprint density at radius 3 is 1.08 bits per heavy atom. The number of hydrogen-bond donors (Lipinski definition) is 0. The van der Waals surface area contributed by atoms with Gasteiger partial charge in [0, 0.05) is 67.4 Å². The summed E-state index contributed by atoms with van der Waals surface area (Å²) >= 11 is 0. The van der Waals surface area contributed by atoms with Crippen LogP contribution in [-0.4, -0.2) is 0 Å². The monoisotopic (exact) mass is 1910 g/mol. The van der Waals surface area contributed by atoms with Crippen molar-refractivity contribution < 1.29 is 0 Å². The second-order valence-electron chi connectivity index (χ2n) is 49.1. The van der Waals surface area contributed by atoms with Gasteiger partial charge in [0.2, 0.25) is 0 Å². The van der Waals surface area contributed by atoms with Crippen molar-refractivity contribution in [3.05, 3.63) is 480 Å². The Morgan fingerprint density at radius 1 is 0.293 bits per heavy atom. The molecule has 732 valence electrons. The number of nitrogens with zero attached hydrogens (tertiary/aromatic N) is 3. The maximum atomic E-state index is 4.42. The molecule has 0 saturated carbocycles. The largest absolute Gasteiger partial charge is 0.310 e. The molecule has 5 aliphatic rings. The zero-order valence-corrected chi connectivity index (χ0v) is 90.5. The summed E-state index contributed by atoms with van der Waals surface area (Å²) in [5.41, 5.74) is 52.2. The zero-order chi connectivity index (χ0) is 103. The maximum absolute atomic E-state index is 4.42. The lowest BCUT2D eigenvalue weighted by molar-refractivity contribution is 0.480. The molecule has 5 aliphatic carbocycles. The molecule has 3 nitrogen and oxygen atoms in total. The van der Waals surface area contributed by atoms with Crippen molar-refractivity contribution in [2.45, 2.75) is 234 Å². The van der Waals surface area contributed by atoms with Gasteiger partial charge in [-0.2, -0.15) is 0 Å². The van der Waals surface area contributed by atoms with Crippen molar-refractivity contribution in [2.24, 2.45) is 0 Å². The van der Waals surface area contributed by atoms with Crippen LogP contribution >= 0.6 is 0 Å². The standard InChI is InChI=1S/C144H141N3/c1-90(2)118-58-38-96(76-128(118)137(8,9)10)32-35-99-41-61-122-125-65-55-113(84-134(125)142(19,20)131(122)79-99)145(109-50-45-107(46-51-109)138(11,12)69-68-102-71-93(5)74-117(75-102)147(116-72-91(3)70-92(4)73-116)115-57-67-127-124-63-43-101(81-133(124)144(23,24)136(127)86-115)37-34-98-40-60-120-95(7)88-141(17,18)130(120)78-98)110-52-47-108(48-53-110)139(13,14)89-106-31-27-30-105-83-112(54-64-121(105)106)146(111-49-44-103-28-25-26-29-104(103)82-111)114-56-66-126-123-62-42-100(80-132(123)143(21,22)135(126)85-114)36-33-97-39-59-119-94(6)87-140(15,16)129(119)77-97/h25-67,70-86,90H,6-7,68-69,87-89H2,1-5,8-24H3. The van der Waals surface area contributed by atoms with Crippen LogP contribution in [0.4, 0.5) is 51.2 Å². The smallest absolute Gasteiger partial charge is 0.0468 e. The first-order valence-electron chi connectivity index (χ1n) is 53.5. The van der Waals surface area contributed by atoms with E-state index in [1.807, 2.05) is 0 Å². The minimum Gasteiger partial charge on any atom is -0.310 e. The lowest BCUT2D eigenvalue weighted by Gasteiger charge is -2.31. The van der Waals surface area contributed by atoms with Gasteiger partial charge in [-0.05, 0) is 400 Å². The molecule has 0 heterocycles. The van der Waals surface area contributed by atoms with Crippen LogP contribution in [0.5, 0.6) is 0 Å².